The minimum Gasteiger partial charge on any atom is -0.397 e. The van der Waals surface area contributed by atoms with E-state index in [0.717, 1.165) is 25.7 Å². The van der Waals surface area contributed by atoms with E-state index >= 15 is 0 Å². The Bertz CT molecular complexity index is 496. The zero-order chi connectivity index (χ0) is 14.8. The van der Waals surface area contributed by atoms with Crippen LogP contribution in [0.1, 0.15) is 43.0 Å². The lowest BCUT2D eigenvalue weighted by molar-refractivity contribution is 0.1000. The average Bonchev–Trinajstić information content (AvgIpc) is 2.43. The number of primary amides is 1. The van der Waals surface area contributed by atoms with Crippen molar-refractivity contribution in [3.8, 4) is 0 Å². The van der Waals surface area contributed by atoms with Crippen LogP contribution in [0.3, 0.4) is 0 Å². The summed E-state index contributed by atoms with van der Waals surface area (Å²) in [6.07, 6.45) is 5.23. The number of nitrogens with one attached hydrogen (secondary N) is 1. The highest BCUT2D eigenvalue weighted by atomic mass is 16.3. The molecule has 1 aliphatic carbocycles. The summed E-state index contributed by atoms with van der Waals surface area (Å²) >= 11 is 0. The number of carbonyl (C=O) groups excluding carboxylic acids is 1. The van der Waals surface area contributed by atoms with Gasteiger partial charge in [-0.25, -0.2) is 4.98 Å². The van der Waals surface area contributed by atoms with Gasteiger partial charge >= 0.3 is 0 Å². The molecule has 6 nitrogen and oxygen atoms in total. The maximum Gasteiger partial charge on any atom is 0.252 e. The number of pyridine rings is 1. The van der Waals surface area contributed by atoms with Gasteiger partial charge in [0, 0.05) is 0 Å². The molecular formula is C14H22N4O2. The van der Waals surface area contributed by atoms with E-state index in [1.807, 2.05) is 0 Å². The van der Waals surface area contributed by atoms with Crippen LogP contribution < -0.4 is 16.8 Å². The van der Waals surface area contributed by atoms with Gasteiger partial charge in [0.25, 0.3) is 5.91 Å². The monoisotopic (exact) mass is 278 g/mol. The Hall–Kier alpha value is -1.82. The third kappa shape index (κ3) is 3.01. The molecule has 0 aromatic carbocycles. The first kappa shape index (κ1) is 14.6. The molecule has 0 bridgehead atoms. The Labute approximate surface area is 118 Å². The predicted molar refractivity (Wildman–Crippen MR) is 78.2 cm³/mol. The van der Waals surface area contributed by atoms with Gasteiger partial charge in [0.15, 0.2) is 0 Å². The van der Waals surface area contributed by atoms with Crippen molar-refractivity contribution >= 4 is 17.4 Å². The van der Waals surface area contributed by atoms with Crippen molar-refractivity contribution in [2.45, 2.75) is 38.1 Å². The molecule has 1 aromatic rings. The lowest BCUT2D eigenvalue weighted by atomic mass is 9.77. The van der Waals surface area contributed by atoms with Crippen molar-refractivity contribution in [1.29, 1.82) is 0 Å². The molecule has 110 valence electrons. The van der Waals surface area contributed by atoms with E-state index < -0.39 is 11.4 Å². The lowest BCUT2D eigenvalue weighted by Gasteiger charge is -2.39. The smallest absolute Gasteiger partial charge is 0.252 e. The van der Waals surface area contributed by atoms with E-state index in [2.05, 4.69) is 17.2 Å². The molecule has 0 aliphatic heterocycles. The topological polar surface area (TPSA) is 114 Å². The maximum atomic E-state index is 11.5. The minimum atomic E-state index is -0.579. The lowest BCUT2D eigenvalue weighted by Crippen LogP contribution is -2.45. The first-order valence-corrected chi connectivity index (χ1v) is 6.90. The summed E-state index contributed by atoms with van der Waals surface area (Å²) in [7, 11) is 0. The largest absolute Gasteiger partial charge is 0.397 e. The zero-order valence-corrected chi connectivity index (χ0v) is 11.7. The van der Waals surface area contributed by atoms with Crippen LogP contribution in [0.4, 0.5) is 11.5 Å². The summed E-state index contributed by atoms with van der Waals surface area (Å²) in [5, 5.41) is 13.0. The molecule has 6 N–H and O–H groups in total. The number of carbonyl (C=O) groups is 1. The van der Waals surface area contributed by atoms with Gasteiger partial charge in [0.1, 0.15) is 5.82 Å². The van der Waals surface area contributed by atoms with E-state index in [4.69, 9.17) is 11.5 Å². The summed E-state index contributed by atoms with van der Waals surface area (Å²) in [6, 6.07) is 1.51. The van der Waals surface area contributed by atoms with Crippen LogP contribution in [0.5, 0.6) is 0 Å². The molecule has 1 aromatic heterocycles. The molecule has 6 heteroatoms. The van der Waals surface area contributed by atoms with E-state index in [-0.39, 0.29) is 12.2 Å². The standard InChI is InChI=1S/C14H22N4O2/c1-9-2-4-14(8-19,5-3-9)18-13-11(12(16)20)6-10(15)7-17-13/h6-7,9,19H,2-5,8,15H2,1H3,(H2,16,20)(H,17,18). The van der Waals surface area contributed by atoms with Gasteiger partial charge in [-0.3, -0.25) is 4.79 Å². The van der Waals surface area contributed by atoms with Crippen LogP contribution in [0.25, 0.3) is 0 Å². The molecule has 0 radical (unpaired) electrons. The van der Waals surface area contributed by atoms with Crippen LogP contribution in [0, 0.1) is 5.92 Å². The van der Waals surface area contributed by atoms with Gasteiger partial charge in [0.05, 0.1) is 29.6 Å². The number of nitrogens with zero attached hydrogens (tertiary/aromatic N) is 1. The molecule has 1 aliphatic rings. The second-order valence-electron chi connectivity index (χ2n) is 5.78. The Kier molecular flexibility index (Phi) is 4.13. The van der Waals surface area contributed by atoms with E-state index in [0.29, 0.717) is 17.4 Å². The van der Waals surface area contributed by atoms with Gasteiger partial charge in [-0.1, -0.05) is 6.92 Å². The van der Waals surface area contributed by atoms with Crippen molar-refractivity contribution in [2.24, 2.45) is 11.7 Å². The first-order chi connectivity index (χ1) is 9.46. The Morgan fingerprint density at radius 3 is 2.75 bits per heavy atom. The van der Waals surface area contributed by atoms with Gasteiger partial charge in [-0.2, -0.15) is 0 Å². The van der Waals surface area contributed by atoms with Crippen molar-refractivity contribution in [3.63, 3.8) is 0 Å². The molecule has 1 fully saturated rings. The SMILES string of the molecule is CC1CCC(CO)(Nc2ncc(N)cc2C(N)=O)CC1. The van der Waals surface area contributed by atoms with E-state index in [1.54, 1.807) is 0 Å². The number of nitrogens with two attached hydrogens (primary N) is 2. The van der Waals surface area contributed by atoms with Gasteiger partial charge in [-0.15, -0.1) is 0 Å². The Balaban J connectivity index is 2.26. The Morgan fingerprint density at radius 1 is 1.55 bits per heavy atom. The molecule has 0 spiro atoms. The number of rotatable bonds is 4. The fourth-order valence-electron chi connectivity index (χ4n) is 2.66. The Morgan fingerprint density at radius 2 is 2.20 bits per heavy atom. The van der Waals surface area contributed by atoms with Gasteiger partial charge in [0.2, 0.25) is 0 Å². The third-order valence-electron chi connectivity index (χ3n) is 4.09. The summed E-state index contributed by atoms with van der Waals surface area (Å²) in [4.78, 5) is 15.6. The molecule has 0 atom stereocenters. The number of aliphatic hydroxyl groups is 1. The molecule has 20 heavy (non-hydrogen) atoms. The molecule has 0 saturated heterocycles. The second kappa shape index (κ2) is 5.66. The third-order valence-corrected chi connectivity index (χ3v) is 4.09. The van der Waals surface area contributed by atoms with E-state index in [1.165, 1.54) is 12.3 Å². The van der Waals surface area contributed by atoms with Crippen LogP contribution in [-0.4, -0.2) is 28.1 Å². The van der Waals surface area contributed by atoms with Crippen LogP contribution in [0.15, 0.2) is 12.3 Å². The van der Waals surface area contributed by atoms with Crippen LogP contribution >= 0.6 is 0 Å². The molecule has 1 amide bonds. The highest BCUT2D eigenvalue weighted by molar-refractivity contribution is 5.98. The highest BCUT2D eigenvalue weighted by Gasteiger charge is 2.34. The summed E-state index contributed by atoms with van der Waals surface area (Å²) in [5.74, 6) is 0.478. The fraction of sp³-hybridized carbons (Fsp3) is 0.571. The number of hydrogen-bond donors (Lipinski definition) is 4. The fourth-order valence-corrected chi connectivity index (χ4v) is 2.66. The molecule has 1 heterocycles. The summed E-state index contributed by atoms with van der Waals surface area (Å²) in [5.41, 5.74) is 11.2. The first-order valence-electron chi connectivity index (χ1n) is 6.90. The van der Waals surface area contributed by atoms with Crippen molar-refractivity contribution < 1.29 is 9.90 Å². The number of nitrogen functional groups attached to an aromatic ring is 1. The number of anilines is 2. The van der Waals surface area contributed by atoms with Crippen molar-refractivity contribution in [2.75, 3.05) is 17.7 Å². The highest BCUT2D eigenvalue weighted by Crippen LogP contribution is 2.34. The zero-order valence-electron chi connectivity index (χ0n) is 11.7. The molecular weight excluding hydrogens is 256 g/mol. The van der Waals surface area contributed by atoms with Gasteiger partial charge < -0.3 is 21.9 Å². The van der Waals surface area contributed by atoms with Gasteiger partial charge in [-0.05, 0) is 37.7 Å². The maximum absolute atomic E-state index is 11.5. The quantitative estimate of drug-likeness (QED) is 0.659. The van der Waals surface area contributed by atoms with E-state index in [9.17, 15) is 9.90 Å². The van der Waals surface area contributed by atoms with Crippen LogP contribution in [-0.2, 0) is 0 Å². The number of aliphatic hydroxyl groups excluding tert-OH is 1. The predicted octanol–water partition coefficient (Wildman–Crippen LogP) is 1.12. The number of amides is 1. The second-order valence-corrected chi connectivity index (χ2v) is 5.78. The number of hydrogen-bond acceptors (Lipinski definition) is 5. The molecule has 1 saturated carbocycles. The normalized spacial score (nSPS) is 26.2. The van der Waals surface area contributed by atoms with Crippen molar-refractivity contribution in [3.05, 3.63) is 17.8 Å². The average molecular weight is 278 g/mol. The molecule has 0 unspecified atom stereocenters. The van der Waals surface area contributed by atoms with Crippen molar-refractivity contribution in [1.82, 2.24) is 4.98 Å². The molecule has 2 rings (SSSR count). The minimum absolute atomic E-state index is 0.00395. The summed E-state index contributed by atoms with van der Waals surface area (Å²) in [6.45, 7) is 2.21. The summed E-state index contributed by atoms with van der Waals surface area (Å²) < 4.78 is 0. The number of aromatic nitrogens is 1. The van der Waals surface area contributed by atoms with Crippen LogP contribution in [0.2, 0.25) is 0 Å².